The largest absolute Gasteiger partial charge is 0.467 e. The normalized spacial score (nSPS) is 17.9. The van der Waals surface area contributed by atoms with Crippen LogP contribution in [-0.2, 0) is 38.8 Å². The topological polar surface area (TPSA) is 108 Å². The summed E-state index contributed by atoms with van der Waals surface area (Å²) in [5.74, 6) is -4.45. The van der Waals surface area contributed by atoms with Crippen LogP contribution in [0.1, 0.15) is 18.1 Å². The van der Waals surface area contributed by atoms with E-state index < -0.39 is 34.6 Å². The lowest BCUT2D eigenvalue weighted by Crippen LogP contribution is -2.68. The van der Waals surface area contributed by atoms with Gasteiger partial charge in [0.2, 0.25) is 0 Å². The maximum atomic E-state index is 14.1. The van der Waals surface area contributed by atoms with Crippen molar-refractivity contribution >= 4 is 40.2 Å². The molecular formula is C26H23NO7. The first-order chi connectivity index (χ1) is 16.4. The Balaban J connectivity index is 2.23. The summed E-state index contributed by atoms with van der Waals surface area (Å²) in [4.78, 5) is 54.1. The van der Waals surface area contributed by atoms with Crippen LogP contribution in [0, 0.1) is 0 Å². The molecule has 0 bridgehead atoms. The lowest BCUT2D eigenvalue weighted by atomic mass is 9.60. The minimum atomic E-state index is -2.44. The highest BCUT2D eigenvalue weighted by molar-refractivity contribution is 6.42. The minimum absolute atomic E-state index is 0.0725. The van der Waals surface area contributed by atoms with Crippen LogP contribution in [0.5, 0.6) is 0 Å². The summed E-state index contributed by atoms with van der Waals surface area (Å²) in [5, 5.41) is 4.42. The van der Waals surface area contributed by atoms with Gasteiger partial charge in [-0.25, -0.2) is 14.4 Å². The summed E-state index contributed by atoms with van der Waals surface area (Å²) in [7, 11) is 2.20. The van der Waals surface area contributed by atoms with E-state index in [0.29, 0.717) is 11.1 Å². The Morgan fingerprint density at radius 1 is 0.824 bits per heavy atom. The van der Waals surface area contributed by atoms with Gasteiger partial charge in [-0.3, -0.25) is 4.79 Å². The van der Waals surface area contributed by atoms with Gasteiger partial charge < -0.3 is 19.5 Å². The number of ketones is 1. The van der Waals surface area contributed by atoms with Crippen molar-refractivity contribution in [3.05, 3.63) is 77.9 Å². The van der Waals surface area contributed by atoms with Gasteiger partial charge in [0, 0.05) is 11.1 Å². The molecule has 4 rings (SSSR count). The third-order valence-electron chi connectivity index (χ3n) is 6.20. The standard InChI is InChI=1S/C26H23NO7/c1-4-34-22(29)21(28)25(17-11-6-5-7-12-17)19-15-14-16-10-8-9-13-18(16)20(19)27-26(25,23(30)32-2)24(31)33-3/h5-15,27H,4H2,1-3H3. The smallest absolute Gasteiger partial charge is 0.376 e. The summed E-state index contributed by atoms with van der Waals surface area (Å²) < 4.78 is 15.2. The summed E-state index contributed by atoms with van der Waals surface area (Å²) >= 11 is 0. The summed E-state index contributed by atoms with van der Waals surface area (Å²) in [5.41, 5.74) is -3.78. The Morgan fingerprint density at radius 2 is 1.44 bits per heavy atom. The van der Waals surface area contributed by atoms with Crippen LogP contribution in [0.4, 0.5) is 5.69 Å². The van der Waals surface area contributed by atoms with E-state index in [9.17, 15) is 19.2 Å². The lowest BCUT2D eigenvalue weighted by molar-refractivity contribution is -0.167. The van der Waals surface area contributed by atoms with Gasteiger partial charge in [-0.15, -0.1) is 0 Å². The van der Waals surface area contributed by atoms with Gasteiger partial charge in [-0.2, -0.15) is 0 Å². The highest BCUT2D eigenvalue weighted by Gasteiger charge is 2.74. The molecule has 1 atom stereocenters. The average Bonchev–Trinajstić information content (AvgIpc) is 3.21. The second kappa shape index (κ2) is 8.62. The maximum Gasteiger partial charge on any atom is 0.376 e. The van der Waals surface area contributed by atoms with E-state index in [1.165, 1.54) is 0 Å². The van der Waals surface area contributed by atoms with Crippen LogP contribution < -0.4 is 5.32 Å². The molecule has 3 aromatic carbocycles. The number of carbonyl (C=O) groups is 4. The molecule has 0 radical (unpaired) electrons. The Labute approximate surface area is 195 Å². The van der Waals surface area contributed by atoms with Crippen LogP contribution in [0.2, 0.25) is 0 Å². The second-order valence-corrected chi connectivity index (χ2v) is 7.73. The SMILES string of the molecule is CCOC(=O)C(=O)C1(c2ccccc2)c2ccc3ccccc3c2NC1(C(=O)OC)C(=O)OC. The van der Waals surface area contributed by atoms with Gasteiger partial charge in [0.05, 0.1) is 20.8 Å². The Hall–Kier alpha value is -4.20. The highest BCUT2D eigenvalue weighted by Crippen LogP contribution is 2.55. The van der Waals surface area contributed by atoms with E-state index in [-0.39, 0.29) is 17.7 Å². The quantitative estimate of drug-likeness (QED) is 0.258. The molecule has 8 heteroatoms. The van der Waals surface area contributed by atoms with Crippen LogP contribution in [0.3, 0.4) is 0 Å². The molecule has 174 valence electrons. The van der Waals surface area contributed by atoms with Crippen molar-refractivity contribution in [2.75, 3.05) is 26.1 Å². The third-order valence-corrected chi connectivity index (χ3v) is 6.20. The molecule has 8 nitrogen and oxygen atoms in total. The minimum Gasteiger partial charge on any atom is -0.467 e. The molecule has 1 aliphatic heterocycles. The average molecular weight is 461 g/mol. The molecule has 0 spiro atoms. The number of rotatable bonds is 6. The molecule has 1 heterocycles. The Morgan fingerprint density at radius 3 is 2.06 bits per heavy atom. The van der Waals surface area contributed by atoms with E-state index in [1.54, 1.807) is 61.5 Å². The van der Waals surface area contributed by atoms with Gasteiger partial charge >= 0.3 is 17.9 Å². The van der Waals surface area contributed by atoms with Crippen LogP contribution in [-0.4, -0.2) is 50.1 Å². The first kappa shape index (κ1) is 23.0. The van der Waals surface area contributed by atoms with Crippen molar-refractivity contribution in [2.45, 2.75) is 17.9 Å². The maximum absolute atomic E-state index is 14.1. The zero-order valence-corrected chi connectivity index (χ0v) is 18.9. The highest BCUT2D eigenvalue weighted by atomic mass is 16.6. The number of ether oxygens (including phenoxy) is 3. The molecule has 3 aromatic rings. The van der Waals surface area contributed by atoms with E-state index >= 15 is 0 Å². The zero-order chi connectivity index (χ0) is 24.5. The molecule has 0 aromatic heterocycles. The van der Waals surface area contributed by atoms with E-state index in [2.05, 4.69) is 5.32 Å². The number of benzene rings is 3. The molecule has 1 unspecified atom stereocenters. The lowest BCUT2D eigenvalue weighted by Gasteiger charge is -2.40. The van der Waals surface area contributed by atoms with Gasteiger partial charge in [-0.05, 0) is 23.4 Å². The van der Waals surface area contributed by atoms with Gasteiger partial charge in [0.25, 0.3) is 11.3 Å². The number of nitrogens with one attached hydrogen (secondary N) is 1. The van der Waals surface area contributed by atoms with E-state index in [1.807, 2.05) is 12.1 Å². The van der Waals surface area contributed by atoms with Crippen LogP contribution >= 0.6 is 0 Å². The van der Waals surface area contributed by atoms with Crippen LogP contribution in [0.15, 0.2) is 66.7 Å². The van der Waals surface area contributed by atoms with Crippen molar-refractivity contribution in [3.8, 4) is 0 Å². The fourth-order valence-electron chi connectivity index (χ4n) is 4.83. The molecule has 0 aliphatic carbocycles. The van der Waals surface area contributed by atoms with Gasteiger partial charge in [0.15, 0.2) is 0 Å². The molecule has 0 saturated carbocycles. The van der Waals surface area contributed by atoms with Crippen molar-refractivity contribution < 1.29 is 33.4 Å². The third kappa shape index (κ3) is 2.91. The first-order valence-corrected chi connectivity index (χ1v) is 10.6. The molecular weight excluding hydrogens is 438 g/mol. The number of hydrogen-bond donors (Lipinski definition) is 1. The molecule has 0 saturated heterocycles. The number of methoxy groups -OCH3 is 2. The van der Waals surface area contributed by atoms with Crippen molar-refractivity contribution in [3.63, 3.8) is 0 Å². The number of anilines is 1. The van der Waals surface area contributed by atoms with Gasteiger partial charge in [0.1, 0.15) is 5.41 Å². The number of hydrogen-bond acceptors (Lipinski definition) is 8. The number of Topliss-reactive ketones (excluding diaryl/α,β-unsaturated/α-hetero) is 1. The molecule has 0 fully saturated rings. The molecule has 1 aliphatic rings. The number of fused-ring (bicyclic) bond motifs is 3. The van der Waals surface area contributed by atoms with E-state index in [0.717, 1.165) is 19.6 Å². The van der Waals surface area contributed by atoms with Crippen molar-refractivity contribution in [1.82, 2.24) is 0 Å². The number of esters is 3. The van der Waals surface area contributed by atoms with Crippen molar-refractivity contribution in [2.24, 2.45) is 0 Å². The van der Waals surface area contributed by atoms with Crippen molar-refractivity contribution in [1.29, 1.82) is 0 Å². The summed E-state index contributed by atoms with van der Waals surface area (Å²) in [6, 6.07) is 18.8. The second-order valence-electron chi connectivity index (χ2n) is 7.73. The van der Waals surface area contributed by atoms with Gasteiger partial charge in [-0.1, -0.05) is 66.7 Å². The predicted octanol–water partition coefficient (Wildman–Crippen LogP) is 2.77. The number of carbonyl (C=O) groups excluding carboxylic acids is 4. The van der Waals surface area contributed by atoms with Crippen LogP contribution in [0.25, 0.3) is 10.8 Å². The molecule has 0 amide bonds. The fraction of sp³-hybridized carbons (Fsp3) is 0.231. The Kier molecular flexibility index (Phi) is 5.83. The summed E-state index contributed by atoms with van der Waals surface area (Å²) in [6.45, 7) is 1.49. The summed E-state index contributed by atoms with van der Waals surface area (Å²) in [6.07, 6.45) is 0. The Bertz CT molecular complexity index is 1290. The monoisotopic (exact) mass is 461 g/mol. The van der Waals surface area contributed by atoms with E-state index in [4.69, 9.17) is 14.2 Å². The molecule has 34 heavy (non-hydrogen) atoms. The fourth-order valence-corrected chi connectivity index (χ4v) is 4.83. The molecule has 1 N–H and O–H groups in total. The zero-order valence-electron chi connectivity index (χ0n) is 18.9. The first-order valence-electron chi connectivity index (χ1n) is 10.6. The predicted molar refractivity (Wildman–Crippen MR) is 123 cm³/mol.